The van der Waals surface area contributed by atoms with Gasteiger partial charge in [0.2, 0.25) is 0 Å². The normalized spacial score (nSPS) is 11.4. The number of hydrogen-bond donors (Lipinski definition) is 2. The van der Waals surface area contributed by atoms with Crippen LogP contribution in [0.25, 0.3) is 0 Å². The fourth-order valence-corrected chi connectivity index (χ4v) is 2.19. The highest BCUT2D eigenvalue weighted by Crippen LogP contribution is 2.22. The van der Waals surface area contributed by atoms with Crippen LogP contribution in [0.1, 0.15) is 18.3 Å². The van der Waals surface area contributed by atoms with Crippen LogP contribution in [0.2, 0.25) is 0 Å². The van der Waals surface area contributed by atoms with Crippen molar-refractivity contribution < 1.29 is 10.2 Å². The number of aromatic nitrogens is 2. The molecule has 0 fully saturated rings. The summed E-state index contributed by atoms with van der Waals surface area (Å²) in [6.45, 7) is 6.80. The molecule has 17 heavy (non-hydrogen) atoms. The summed E-state index contributed by atoms with van der Waals surface area (Å²) in [7, 11) is 0. The molecule has 0 aliphatic carbocycles. The Hall–Kier alpha value is -0.430. The molecule has 6 heteroatoms. The summed E-state index contributed by atoms with van der Waals surface area (Å²) >= 11 is 3.54. The lowest BCUT2D eigenvalue weighted by molar-refractivity contribution is 0.153. The van der Waals surface area contributed by atoms with E-state index in [2.05, 4.69) is 21.0 Å². The van der Waals surface area contributed by atoms with Crippen molar-refractivity contribution in [2.24, 2.45) is 0 Å². The van der Waals surface area contributed by atoms with Gasteiger partial charge < -0.3 is 10.2 Å². The number of rotatable bonds is 7. The topological polar surface area (TPSA) is 61.5 Å². The Morgan fingerprint density at radius 3 is 2.35 bits per heavy atom. The van der Waals surface area contributed by atoms with Crippen LogP contribution in [-0.2, 0) is 13.1 Å². The minimum absolute atomic E-state index is 0.0941. The minimum atomic E-state index is 0.0941. The molecule has 1 aromatic rings. The first-order valence-corrected chi connectivity index (χ1v) is 6.59. The van der Waals surface area contributed by atoms with E-state index in [1.807, 2.05) is 23.4 Å². The van der Waals surface area contributed by atoms with Gasteiger partial charge in [-0.1, -0.05) is 0 Å². The maximum atomic E-state index is 8.98. The van der Waals surface area contributed by atoms with E-state index in [4.69, 9.17) is 10.2 Å². The zero-order valence-corrected chi connectivity index (χ0v) is 11.9. The summed E-state index contributed by atoms with van der Waals surface area (Å²) < 4.78 is 2.96. The van der Waals surface area contributed by atoms with Crippen molar-refractivity contribution in [2.45, 2.75) is 26.9 Å². The van der Waals surface area contributed by atoms with E-state index in [1.54, 1.807) is 0 Å². The first kappa shape index (κ1) is 14.6. The predicted molar refractivity (Wildman–Crippen MR) is 69.8 cm³/mol. The van der Waals surface area contributed by atoms with Gasteiger partial charge in [0.15, 0.2) is 0 Å². The third-order valence-corrected chi connectivity index (χ3v) is 3.69. The lowest BCUT2D eigenvalue weighted by Gasteiger charge is -2.20. The van der Waals surface area contributed by atoms with Crippen LogP contribution in [0.4, 0.5) is 0 Å². The molecule has 0 amide bonds. The molecule has 0 spiro atoms. The molecule has 0 saturated carbocycles. The van der Waals surface area contributed by atoms with Gasteiger partial charge in [0, 0.05) is 26.2 Å². The summed E-state index contributed by atoms with van der Waals surface area (Å²) in [5.41, 5.74) is 2.06. The first-order chi connectivity index (χ1) is 8.13. The van der Waals surface area contributed by atoms with E-state index in [0.717, 1.165) is 22.4 Å². The molecule has 1 rings (SSSR count). The van der Waals surface area contributed by atoms with Crippen molar-refractivity contribution in [3.05, 3.63) is 15.9 Å². The van der Waals surface area contributed by atoms with Gasteiger partial charge in [-0.05, 0) is 29.8 Å². The zero-order chi connectivity index (χ0) is 12.8. The Bertz CT molecular complexity index is 349. The number of nitrogens with zero attached hydrogens (tertiary/aromatic N) is 3. The molecule has 1 aromatic heterocycles. The van der Waals surface area contributed by atoms with Gasteiger partial charge in [-0.25, -0.2) is 0 Å². The van der Waals surface area contributed by atoms with Crippen LogP contribution >= 0.6 is 15.9 Å². The van der Waals surface area contributed by atoms with E-state index in [-0.39, 0.29) is 13.2 Å². The Morgan fingerprint density at radius 1 is 1.29 bits per heavy atom. The molecule has 0 aliphatic rings. The Labute approximate surface area is 110 Å². The van der Waals surface area contributed by atoms with Crippen molar-refractivity contribution in [1.29, 1.82) is 0 Å². The summed E-state index contributed by atoms with van der Waals surface area (Å²) in [5, 5.41) is 22.4. The van der Waals surface area contributed by atoms with E-state index in [9.17, 15) is 0 Å². The van der Waals surface area contributed by atoms with Crippen LogP contribution < -0.4 is 0 Å². The number of halogens is 1. The van der Waals surface area contributed by atoms with E-state index in [0.29, 0.717) is 19.6 Å². The zero-order valence-electron chi connectivity index (χ0n) is 10.4. The van der Waals surface area contributed by atoms with Crippen molar-refractivity contribution in [3.8, 4) is 0 Å². The maximum absolute atomic E-state index is 8.98. The first-order valence-electron chi connectivity index (χ1n) is 5.79. The Balaban J connectivity index is 2.83. The second-order valence-electron chi connectivity index (χ2n) is 3.89. The smallest absolute Gasteiger partial charge is 0.0739 e. The van der Waals surface area contributed by atoms with Gasteiger partial charge in [0.25, 0.3) is 0 Å². The van der Waals surface area contributed by atoms with Gasteiger partial charge in [-0.2, -0.15) is 5.10 Å². The van der Waals surface area contributed by atoms with Gasteiger partial charge in [0.1, 0.15) is 0 Å². The minimum Gasteiger partial charge on any atom is -0.395 e. The SMILES string of the molecule is CCn1nc(C)c(Br)c1CN(CCO)CCO. The van der Waals surface area contributed by atoms with Gasteiger partial charge in [0.05, 0.1) is 29.1 Å². The lowest BCUT2D eigenvalue weighted by atomic mass is 10.3. The number of aliphatic hydroxyl groups excluding tert-OH is 2. The van der Waals surface area contributed by atoms with Crippen molar-refractivity contribution in [1.82, 2.24) is 14.7 Å². The summed E-state index contributed by atoms with van der Waals surface area (Å²) in [6.07, 6.45) is 0. The highest BCUT2D eigenvalue weighted by atomic mass is 79.9. The highest BCUT2D eigenvalue weighted by molar-refractivity contribution is 9.10. The third-order valence-electron chi connectivity index (χ3n) is 2.66. The molecule has 0 saturated heterocycles. The highest BCUT2D eigenvalue weighted by Gasteiger charge is 2.15. The maximum Gasteiger partial charge on any atom is 0.0739 e. The van der Waals surface area contributed by atoms with Crippen LogP contribution in [0.5, 0.6) is 0 Å². The molecular weight excluding hydrogens is 286 g/mol. The molecule has 0 atom stereocenters. The second-order valence-corrected chi connectivity index (χ2v) is 4.68. The molecule has 1 heterocycles. The fraction of sp³-hybridized carbons (Fsp3) is 0.727. The molecular formula is C11H20BrN3O2. The van der Waals surface area contributed by atoms with E-state index >= 15 is 0 Å². The number of aliphatic hydroxyl groups is 2. The molecule has 0 unspecified atom stereocenters. The molecule has 2 N–H and O–H groups in total. The average molecular weight is 306 g/mol. The standard InChI is InChI=1S/C11H20BrN3O2/c1-3-15-10(11(12)9(2)13-15)8-14(4-6-16)5-7-17/h16-17H,3-8H2,1-2H3. The van der Waals surface area contributed by atoms with E-state index in [1.165, 1.54) is 0 Å². The van der Waals surface area contributed by atoms with Crippen LogP contribution in [-0.4, -0.2) is 51.2 Å². The van der Waals surface area contributed by atoms with Crippen molar-refractivity contribution >= 4 is 15.9 Å². The third kappa shape index (κ3) is 3.77. The lowest BCUT2D eigenvalue weighted by Crippen LogP contribution is -2.30. The van der Waals surface area contributed by atoms with Gasteiger partial charge in [-0.15, -0.1) is 0 Å². The van der Waals surface area contributed by atoms with Crippen LogP contribution in [0.15, 0.2) is 4.47 Å². The number of hydrogen-bond acceptors (Lipinski definition) is 4. The fourth-order valence-electron chi connectivity index (χ4n) is 1.78. The Kier molecular flexibility index (Phi) is 6.11. The van der Waals surface area contributed by atoms with Gasteiger partial charge >= 0.3 is 0 Å². The second kappa shape index (κ2) is 7.10. The summed E-state index contributed by atoms with van der Waals surface area (Å²) in [6, 6.07) is 0. The Morgan fingerprint density at radius 2 is 1.88 bits per heavy atom. The molecule has 0 radical (unpaired) electrons. The predicted octanol–water partition coefficient (Wildman–Crippen LogP) is 0.761. The summed E-state index contributed by atoms with van der Waals surface area (Å²) in [4.78, 5) is 2.01. The van der Waals surface area contributed by atoms with Crippen LogP contribution in [0.3, 0.4) is 0 Å². The monoisotopic (exact) mass is 305 g/mol. The number of aryl methyl sites for hydroxylation is 2. The molecule has 0 aliphatic heterocycles. The molecule has 0 aromatic carbocycles. The summed E-state index contributed by atoms with van der Waals surface area (Å²) in [5.74, 6) is 0. The molecule has 98 valence electrons. The average Bonchev–Trinajstić information content (AvgIpc) is 2.57. The molecule has 0 bridgehead atoms. The molecule has 5 nitrogen and oxygen atoms in total. The van der Waals surface area contributed by atoms with Crippen LogP contribution in [0, 0.1) is 6.92 Å². The quantitative estimate of drug-likeness (QED) is 0.781. The van der Waals surface area contributed by atoms with Crippen molar-refractivity contribution in [2.75, 3.05) is 26.3 Å². The van der Waals surface area contributed by atoms with Crippen molar-refractivity contribution in [3.63, 3.8) is 0 Å². The van der Waals surface area contributed by atoms with Gasteiger partial charge in [-0.3, -0.25) is 9.58 Å². The van der Waals surface area contributed by atoms with E-state index < -0.39 is 0 Å². The largest absolute Gasteiger partial charge is 0.395 e.